The summed E-state index contributed by atoms with van der Waals surface area (Å²) in [4.78, 5) is 22.0. The van der Waals surface area contributed by atoms with Crippen molar-refractivity contribution in [2.75, 3.05) is 20.2 Å². The molecule has 0 saturated carbocycles. The summed E-state index contributed by atoms with van der Waals surface area (Å²) in [7, 11) is 1.67. The average Bonchev–Trinajstić information content (AvgIpc) is 3.16. The fourth-order valence-corrected chi connectivity index (χ4v) is 2.18. The molecule has 0 radical (unpaired) electrons. The average molecular weight is 341 g/mol. The Bertz CT molecular complexity index is 854. The van der Waals surface area contributed by atoms with Gasteiger partial charge in [-0.2, -0.15) is 5.10 Å². The zero-order valence-corrected chi connectivity index (χ0v) is 13.5. The Balaban J connectivity index is 1.60. The predicted molar refractivity (Wildman–Crippen MR) is 88.0 cm³/mol. The number of benzene rings is 1. The highest BCUT2D eigenvalue weighted by Gasteiger charge is 2.13. The van der Waals surface area contributed by atoms with Crippen molar-refractivity contribution in [2.45, 2.75) is 0 Å². The first-order chi connectivity index (χ1) is 12.1. The Labute approximate surface area is 143 Å². The Kier molecular flexibility index (Phi) is 4.98. The van der Waals surface area contributed by atoms with Crippen LogP contribution >= 0.6 is 0 Å². The number of aromatic nitrogens is 4. The zero-order chi connectivity index (χ0) is 17.6. The van der Waals surface area contributed by atoms with Crippen molar-refractivity contribution in [1.82, 2.24) is 24.6 Å². The quantitative estimate of drug-likeness (QED) is 0.685. The minimum absolute atomic E-state index is 0.174. The largest absolute Gasteiger partial charge is 0.492 e. The summed E-state index contributed by atoms with van der Waals surface area (Å²) in [6, 6.07) is 9.15. The number of amides is 1. The van der Waals surface area contributed by atoms with E-state index in [1.54, 1.807) is 37.5 Å². The molecule has 25 heavy (non-hydrogen) atoms. The summed E-state index contributed by atoms with van der Waals surface area (Å²) in [6.45, 7) is 0.614. The molecule has 0 unspecified atom stereocenters. The Morgan fingerprint density at radius 1 is 1.32 bits per heavy atom. The molecule has 0 spiro atoms. The van der Waals surface area contributed by atoms with Crippen LogP contribution in [0, 0.1) is 5.82 Å². The number of rotatable bonds is 6. The first-order valence-corrected chi connectivity index (χ1v) is 7.58. The van der Waals surface area contributed by atoms with Gasteiger partial charge in [0.25, 0.3) is 5.91 Å². The van der Waals surface area contributed by atoms with E-state index < -0.39 is 0 Å². The monoisotopic (exact) mass is 341 g/mol. The molecule has 3 rings (SSSR count). The van der Waals surface area contributed by atoms with Crippen LogP contribution in [0.5, 0.6) is 5.75 Å². The van der Waals surface area contributed by atoms with Gasteiger partial charge in [-0.3, -0.25) is 4.79 Å². The van der Waals surface area contributed by atoms with Gasteiger partial charge in [-0.15, -0.1) is 0 Å². The predicted octanol–water partition coefficient (Wildman–Crippen LogP) is 1.95. The highest BCUT2D eigenvalue weighted by molar-refractivity contribution is 5.94. The van der Waals surface area contributed by atoms with Gasteiger partial charge in [-0.25, -0.2) is 19.0 Å². The minimum Gasteiger partial charge on any atom is -0.492 e. The summed E-state index contributed by atoms with van der Waals surface area (Å²) in [6.07, 6.45) is 4.44. The van der Waals surface area contributed by atoms with E-state index in [0.29, 0.717) is 23.7 Å². The van der Waals surface area contributed by atoms with E-state index in [1.165, 1.54) is 34.4 Å². The second-order valence-electron chi connectivity index (χ2n) is 5.28. The SMILES string of the molecule is CN(CCOc1cccc(F)c1)C(=O)c1ccnc(-n2cncn2)c1. The number of carbonyl (C=O) groups excluding carboxylic acids is 1. The summed E-state index contributed by atoms with van der Waals surface area (Å²) in [5.41, 5.74) is 0.480. The maximum Gasteiger partial charge on any atom is 0.253 e. The maximum absolute atomic E-state index is 13.1. The summed E-state index contributed by atoms with van der Waals surface area (Å²) >= 11 is 0. The first kappa shape index (κ1) is 16.6. The third-order valence-electron chi connectivity index (χ3n) is 3.48. The molecule has 0 saturated heterocycles. The number of likely N-dealkylation sites (N-methyl/N-ethyl adjacent to an activating group) is 1. The summed E-state index contributed by atoms with van der Waals surface area (Å²) in [5, 5.41) is 3.99. The Morgan fingerprint density at radius 3 is 2.96 bits per heavy atom. The molecule has 0 bridgehead atoms. The van der Waals surface area contributed by atoms with E-state index in [-0.39, 0.29) is 18.3 Å². The molecule has 0 N–H and O–H groups in total. The van der Waals surface area contributed by atoms with E-state index in [1.807, 2.05) is 0 Å². The Hall–Kier alpha value is -3.29. The van der Waals surface area contributed by atoms with Gasteiger partial charge >= 0.3 is 0 Å². The lowest BCUT2D eigenvalue weighted by molar-refractivity contribution is 0.0773. The van der Waals surface area contributed by atoms with E-state index >= 15 is 0 Å². The van der Waals surface area contributed by atoms with Crippen molar-refractivity contribution in [3.05, 3.63) is 66.6 Å². The van der Waals surface area contributed by atoms with Gasteiger partial charge in [0.2, 0.25) is 0 Å². The van der Waals surface area contributed by atoms with Gasteiger partial charge in [0.15, 0.2) is 5.82 Å². The van der Waals surface area contributed by atoms with Crippen molar-refractivity contribution in [3.63, 3.8) is 0 Å². The smallest absolute Gasteiger partial charge is 0.253 e. The van der Waals surface area contributed by atoms with Crippen LogP contribution < -0.4 is 4.74 Å². The lowest BCUT2D eigenvalue weighted by atomic mass is 10.2. The molecule has 3 aromatic rings. The number of pyridine rings is 1. The zero-order valence-electron chi connectivity index (χ0n) is 13.5. The highest BCUT2D eigenvalue weighted by Crippen LogP contribution is 2.12. The van der Waals surface area contributed by atoms with Gasteiger partial charge in [0.1, 0.15) is 30.8 Å². The lowest BCUT2D eigenvalue weighted by Gasteiger charge is -2.17. The van der Waals surface area contributed by atoms with Crippen molar-refractivity contribution < 1.29 is 13.9 Å². The highest BCUT2D eigenvalue weighted by atomic mass is 19.1. The van der Waals surface area contributed by atoms with Crippen LogP contribution in [0.1, 0.15) is 10.4 Å². The molecule has 2 heterocycles. The van der Waals surface area contributed by atoms with Crippen molar-refractivity contribution in [3.8, 4) is 11.6 Å². The van der Waals surface area contributed by atoms with Crippen LogP contribution in [0.15, 0.2) is 55.2 Å². The molecule has 128 valence electrons. The molecule has 8 heteroatoms. The second-order valence-corrected chi connectivity index (χ2v) is 5.28. The topological polar surface area (TPSA) is 73.1 Å². The molecule has 0 fully saturated rings. The molecule has 7 nitrogen and oxygen atoms in total. The summed E-state index contributed by atoms with van der Waals surface area (Å²) in [5.74, 6) is 0.400. The van der Waals surface area contributed by atoms with Crippen molar-refractivity contribution >= 4 is 5.91 Å². The van der Waals surface area contributed by atoms with Crippen LogP contribution in [-0.2, 0) is 0 Å². The number of nitrogens with zero attached hydrogens (tertiary/aromatic N) is 5. The lowest BCUT2D eigenvalue weighted by Crippen LogP contribution is -2.31. The number of carbonyl (C=O) groups is 1. The molecule has 1 aromatic carbocycles. The maximum atomic E-state index is 13.1. The van der Waals surface area contributed by atoms with Gasteiger partial charge < -0.3 is 9.64 Å². The standard InChI is InChI=1S/C17H16FN5O2/c1-22(7-8-25-15-4-2-3-14(18)10-15)17(24)13-5-6-20-16(9-13)23-12-19-11-21-23/h2-6,9-12H,7-8H2,1H3. The molecule has 2 aromatic heterocycles. The van der Waals surface area contributed by atoms with Crippen LogP contribution in [0.25, 0.3) is 5.82 Å². The molecular weight excluding hydrogens is 325 g/mol. The summed E-state index contributed by atoms with van der Waals surface area (Å²) < 4.78 is 20.0. The molecule has 0 aliphatic heterocycles. The van der Waals surface area contributed by atoms with E-state index in [4.69, 9.17) is 4.74 Å². The fraction of sp³-hybridized carbons (Fsp3) is 0.176. The van der Waals surface area contributed by atoms with E-state index in [0.717, 1.165) is 0 Å². The van der Waals surface area contributed by atoms with Crippen LogP contribution in [0.4, 0.5) is 4.39 Å². The van der Waals surface area contributed by atoms with Crippen molar-refractivity contribution in [2.24, 2.45) is 0 Å². The second kappa shape index (κ2) is 7.52. The molecule has 0 atom stereocenters. The normalized spacial score (nSPS) is 10.5. The molecule has 1 amide bonds. The minimum atomic E-state index is -0.362. The van der Waals surface area contributed by atoms with Gasteiger partial charge in [-0.1, -0.05) is 6.07 Å². The Morgan fingerprint density at radius 2 is 2.20 bits per heavy atom. The fourth-order valence-electron chi connectivity index (χ4n) is 2.18. The molecular formula is C17H16FN5O2. The van der Waals surface area contributed by atoms with Gasteiger partial charge in [0, 0.05) is 24.9 Å². The van der Waals surface area contributed by atoms with Gasteiger partial charge in [-0.05, 0) is 24.3 Å². The van der Waals surface area contributed by atoms with Crippen LogP contribution in [0.2, 0.25) is 0 Å². The number of ether oxygens (including phenoxy) is 1. The van der Waals surface area contributed by atoms with Crippen LogP contribution in [0.3, 0.4) is 0 Å². The van der Waals surface area contributed by atoms with E-state index in [9.17, 15) is 9.18 Å². The first-order valence-electron chi connectivity index (χ1n) is 7.58. The number of hydrogen-bond acceptors (Lipinski definition) is 5. The number of hydrogen-bond donors (Lipinski definition) is 0. The molecule has 0 aliphatic carbocycles. The molecule has 0 aliphatic rings. The van der Waals surface area contributed by atoms with Crippen LogP contribution in [-0.4, -0.2) is 50.8 Å². The number of halogens is 1. The third kappa shape index (κ3) is 4.17. The van der Waals surface area contributed by atoms with Crippen molar-refractivity contribution in [1.29, 1.82) is 0 Å². The third-order valence-corrected chi connectivity index (χ3v) is 3.48. The van der Waals surface area contributed by atoms with E-state index in [2.05, 4.69) is 15.1 Å². The van der Waals surface area contributed by atoms with Gasteiger partial charge in [0.05, 0.1) is 6.54 Å².